The lowest BCUT2D eigenvalue weighted by atomic mass is 9.97. The normalized spacial score (nSPS) is 17.8. The number of hydrogen-bond donors (Lipinski definition) is 1. The Kier molecular flexibility index (Phi) is 6.28. The molecule has 6 nitrogen and oxygen atoms in total. The monoisotopic (exact) mass is 348 g/mol. The minimum atomic E-state index is -0.527. The van der Waals surface area contributed by atoms with Gasteiger partial charge < -0.3 is 19.7 Å². The van der Waals surface area contributed by atoms with Gasteiger partial charge in [0, 0.05) is 19.6 Å². The van der Waals surface area contributed by atoms with E-state index in [4.69, 9.17) is 9.47 Å². The van der Waals surface area contributed by atoms with Gasteiger partial charge in [0.1, 0.15) is 11.4 Å². The highest BCUT2D eigenvalue weighted by Crippen LogP contribution is 2.20. The number of piperidine rings is 1. The third-order valence-electron chi connectivity index (χ3n) is 4.07. The number of likely N-dealkylation sites (tertiary alicyclic amines) is 1. The van der Waals surface area contributed by atoms with Gasteiger partial charge in [0.2, 0.25) is 5.91 Å². The van der Waals surface area contributed by atoms with Crippen LogP contribution in [0.3, 0.4) is 0 Å². The lowest BCUT2D eigenvalue weighted by molar-refractivity contribution is -0.126. The van der Waals surface area contributed by atoms with Crippen LogP contribution in [0.15, 0.2) is 24.3 Å². The van der Waals surface area contributed by atoms with Crippen molar-refractivity contribution in [2.45, 2.75) is 45.8 Å². The summed E-state index contributed by atoms with van der Waals surface area (Å²) in [7, 11) is 1.62. The molecule has 1 N–H and O–H groups in total. The number of rotatable bonds is 4. The fourth-order valence-corrected chi connectivity index (χ4v) is 2.76. The summed E-state index contributed by atoms with van der Waals surface area (Å²) in [6.07, 6.45) is 1.24. The smallest absolute Gasteiger partial charge is 0.410 e. The van der Waals surface area contributed by atoms with Crippen molar-refractivity contribution in [2.75, 3.05) is 20.2 Å². The van der Waals surface area contributed by atoms with E-state index in [1.807, 2.05) is 45.0 Å². The average Bonchev–Trinajstić information content (AvgIpc) is 2.58. The Morgan fingerprint density at radius 1 is 1.24 bits per heavy atom. The Balaban J connectivity index is 1.85. The van der Waals surface area contributed by atoms with Crippen molar-refractivity contribution >= 4 is 12.0 Å². The molecule has 1 aliphatic rings. The van der Waals surface area contributed by atoms with Gasteiger partial charge in [-0.05, 0) is 51.3 Å². The van der Waals surface area contributed by atoms with E-state index in [9.17, 15) is 9.59 Å². The molecular weight excluding hydrogens is 320 g/mol. The molecule has 0 aromatic heterocycles. The summed E-state index contributed by atoms with van der Waals surface area (Å²) in [6, 6.07) is 7.58. The van der Waals surface area contributed by atoms with Crippen LogP contribution in [-0.2, 0) is 16.1 Å². The summed E-state index contributed by atoms with van der Waals surface area (Å²) >= 11 is 0. The molecule has 0 aliphatic carbocycles. The van der Waals surface area contributed by atoms with Crippen LogP contribution in [-0.4, -0.2) is 42.7 Å². The number of nitrogens with one attached hydrogen (secondary N) is 1. The molecule has 0 radical (unpaired) electrons. The van der Waals surface area contributed by atoms with Gasteiger partial charge in [-0.25, -0.2) is 4.79 Å². The number of methoxy groups -OCH3 is 1. The number of amides is 2. The molecule has 1 aliphatic heterocycles. The summed E-state index contributed by atoms with van der Waals surface area (Å²) in [4.78, 5) is 26.2. The van der Waals surface area contributed by atoms with Crippen molar-refractivity contribution in [2.24, 2.45) is 5.92 Å². The Labute approximate surface area is 149 Å². The zero-order chi connectivity index (χ0) is 18.4. The van der Waals surface area contributed by atoms with Crippen LogP contribution in [0, 0.1) is 5.92 Å². The van der Waals surface area contributed by atoms with E-state index in [1.54, 1.807) is 12.0 Å². The molecule has 1 heterocycles. The van der Waals surface area contributed by atoms with Crippen LogP contribution in [0.2, 0.25) is 0 Å². The highest BCUT2D eigenvalue weighted by molar-refractivity contribution is 5.80. The van der Waals surface area contributed by atoms with E-state index in [0.717, 1.165) is 24.2 Å². The van der Waals surface area contributed by atoms with Crippen molar-refractivity contribution in [3.63, 3.8) is 0 Å². The topological polar surface area (TPSA) is 67.9 Å². The molecular formula is C19H28N2O4. The lowest BCUT2D eigenvalue weighted by Crippen LogP contribution is -2.46. The summed E-state index contributed by atoms with van der Waals surface area (Å²) in [5.41, 5.74) is 0.481. The van der Waals surface area contributed by atoms with Crippen molar-refractivity contribution in [1.29, 1.82) is 0 Å². The first kappa shape index (κ1) is 19.1. The lowest BCUT2D eigenvalue weighted by Gasteiger charge is -2.33. The minimum absolute atomic E-state index is 0.0240. The second-order valence-corrected chi connectivity index (χ2v) is 7.33. The van der Waals surface area contributed by atoms with Gasteiger partial charge in [0.25, 0.3) is 0 Å². The molecule has 1 fully saturated rings. The number of carbonyl (C=O) groups excluding carboxylic acids is 2. The van der Waals surface area contributed by atoms with E-state index >= 15 is 0 Å². The minimum Gasteiger partial charge on any atom is -0.497 e. The van der Waals surface area contributed by atoms with Gasteiger partial charge in [-0.15, -0.1) is 0 Å². The molecule has 2 amide bonds. The predicted molar refractivity (Wildman–Crippen MR) is 95.4 cm³/mol. The number of nitrogens with zero attached hydrogens (tertiary/aromatic N) is 1. The highest BCUT2D eigenvalue weighted by atomic mass is 16.6. The summed E-state index contributed by atoms with van der Waals surface area (Å²) in [6.45, 7) is 7.03. The first-order valence-corrected chi connectivity index (χ1v) is 8.67. The standard InChI is InChI=1S/C19H28N2O4/c1-19(2,3)25-18(23)21-11-5-6-15(13-21)17(22)20-12-14-7-9-16(24-4)10-8-14/h7-10,15H,5-6,11-13H2,1-4H3,(H,20,22). The maximum absolute atomic E-state index is 12.4. The van der Waals surface area contributed by atoms with Crippen LogP contribution in [0.1, 0.15) is 39.2 Å². The SMILES string of the molecule is COc1ccc(CNC(=O)C2CCCN(C(=O)OC(C)(C)C)C2)cc1. The van der Waals surface area contributed by atoms with Gasteiger partial charge in [-0.2, -0.15) is 0 Å². The summed E-state index contributed by atoms with van der Waals surface area (Å²) in [5, 5.41) is 2.96. The molecule has 2 rings (SSSR count). The third kappa shape index (κ3) is 5.96. The van der Waals surface area contributed by atoms with Crippen LogP contribution in [0.25, 0.3) is 0 Å². The van der Waals surface area contributed by atoms with Gasteiger partial charge in [0.05, 0.1) is 13.0 Å². The van der Waals surface area contributed by atoms with Crippen LogP contribution in [0.4, 0.5) is 4.79 Å². The van der Waals surface area contributed by atoms with E-state index < -0.39 is 5.60 Å². The van der Waals surface area contributed by atoms with Crippen LogP contribution >= 0.6 is 0 Å². The molecule has 1 aromatic carbocycles. The molecule has 0 saturated carbocycles. The van der Waals surface area contributed by atoms with Crippen molar-refractivity contribution in [3.8, 4) is 5.75 Å². The summed E-state index contributed by atoms with van der Waals surface area (Å²) in [5.74, 6) is 0.568. The Morgan fingerprint density at radius 2 is 1.92 bits per heavy atom. The largest absolute Gasteiger partial charge is 0.497 e. The van der Waals surface area contributed by atoms with E-state index in [1.165, 1.54) is 0 Å². The van der Waals surface area contributed by atoms with Gasteiger partial charge >= 0.3 is 6.09 Å². The number of hydrogen-bond acceptors (Lipinski definition) is 4. The number of carbonyl (C=O) groups is 2. The zero-order valence-electron chi connectivity index (χ0n) is 15.5. The fourth-order valence-electron chi connectivity index (χ4n) is 2.76. The maximum Gasteiger partial charge on any atom is 0.410 e. The molecule has 1 atom stereocenters. The molecule has 0 bridgehead atoms. The Hall–Kier alpha value is -2.24. The molecule has 1 saturated heterocycles. The predicted octanol–water partition coefficient (Wildman–Crippen LogP) is 2.96. The van der Waals surface area contributed by atoms with Gasteiger partial charge in [-0.3, -0.25) is 4.79 Å². The molecule has 25 heavy (non-hydrogen) atoms. The van der Waals surface area contributed by atoms with E-state index in [-0.39, 0.29) is 17.9 Å². The fraction of sp³-hybridized carbons (Fsp3) is 0.579. The zero-order valence-corrected chi connectivity index (χ0v) is 15.5. The summed E-state index contributed by atoms with van der Waals surface area (Å²) < 4.78 is 10.5. The second-order valence-electron chi connectivity index (χ2n) is 7.33. The first-order chi connectivity index (χ1) is 11.8. The number of ether oxygens (including phenoxy) is 2. The highest BCUT2D eigenvalue weighted by Gasteiger charge is 2.30. The molecule has 6 heteroatoms. The van der Waals surface area contributed by atoms with E-state index in [2.05, 4.69) is 5.32 Å². The Bertz CT molecular complexity index is 592. The third-order valence-corrected chi connectivity index (χ3v) is 4.07. The molecule has 0 spiro atoms. The Morgan fingerprint density at radius 3 is 2.52 bits per heavy atom. The van der Waals surface area contributed by atoms with E-state index in [0.29, 0.717) is 19.6 Å². The molecule has 1 unspecified atom stereocenters. The van der Waals surface area contributed by atoms with Crippen molar-refractivity contribution in [3.05, 3.63) is 29.8 Å². The van der Waals surface area contributed by atoms with Gasteiger partial charge in [0.15, 0.2) is 0 Å². The van der Waals surface area contributed by atoms with Crippen LogP contribution in [0.5, 0.6) is 5.75 Å². The first-order valence-electron chi connectivity index (χ1n) is 8.67. The van der Waals surface area contributed by atoms with Crippen molar-refractivity contribution in [1.82, 2.24) is 10.2 Å². The molecule has 138 valence electrons. The average molecular weight is 348 g/mol. The quantitative estimate of drug-likeness (QED) is 0.908. The van der Waals surface area contributed by atoms with Crippen LogP contribution < -0.4 is 10.1 Å². The maximum atomic E-state index is 12.4. The molecule has 1 aromatic rings. The number of benzene rings is 1. The second kappa shape index (κ2) is 8.23. The van der Waals surface area contributed by atoms with Crippen molar-refractivity contribution < 1.29 is 19.1 Å². The van der Waals surface area contributed by atoms with Gasteiger partial charge in [-0.1, -0.05) is 12.1 Å².